The van der Waals surface area contributed by atoms with Crippen LogP contribution < -0.4 is 10.3 Å². The number of aromatic amines is 1. The number of sulfonamides is 1. The molecule has 1 atom stereocenters. The van der Waals surface area contributed by atoms with Crippen molar-refractivity contribution in [2.45, 2.75) is 51.0 Å². The number of hydrogen-bond acceptors (Lipinski definition) is 4. The summed E-state index contributed by atoms with van der Waals surface area (Å²) < 4.78 is 28.7. The SMILES string of the molecule is CC(C)C[C@H](NS(=O)(=O)c1ccc2[nH]c(=O)ccc2c1)C(=O)N1CCC(C)CC1. The fourth-order valence-electron chi connectivity index (χ4n) is 3.67. The van der Waals surface area contributed by atoms with E-state index >= 15 is 0 Å². The molecule has 2 heterocycles. The number of nitrogens with one attached hydrogen (secondary N) is 2. The lowest BCUT2D eigenvalue weighted by Crippen LogP contribution is -2.51. The predicted octanol–water partition coefficient (Wildman–Crippen LogP) is 2.48. The minimum absolute atomic E-state index is 0.0749. The number of carbonyl (C=O) groups excluding carboxylic acids is 1. The number of hydrogen-bond donors (Lipinski definition) is 2. The number of benzene rings is 1. The summed E-state index contributed by atoms with van der Waals surface area (Å²) in [5.41, 5.74) is 0.318. The fraction of sp³-hybridized carbons (Fsp3) is 0.524. The summed E-state index contributed by atoms with van der Waals surface area (Å²) in [6.45, 7) is 7.45. The average Bonchev–Trinajstić information content (AvgIpc) is 2.66. The summed E-state index contributed by atoms with van der Waals surface area (Å²) in [6, 6.07) is 6.66. The third kappa shape index (κ3) is 5.25. The summed E-state index contributed by atoms with van der Waals surface area (Å²) in [6.07, 6.45) is 2.32. The van der Waals surface area contributed by atoms with Crippen molar-refractivity contribution >= 4 is 26.8 Å². The Labute approximate surface area is 171 Å². The Hall–Kier alpha value is -2.19. The van der Waals surface area contributed by atoms with Gasteiger partial charge in [0.15, 0.2) is 0 Å². The zero-order valence-corrected chi connectivity index (χ0v) is 18.0. The molecule has 0 saturated carbocycles. The first-order valence-corrected chi connectivity index (χ1v) is 11.6. The molecular weight excluding hydrogens is 390 g/mol. The Bertz CT molecular complexity index is 1040. The number of carbonyl (C=O) groups is 1. The second kappa shape index (κ2) is 8.67. The molecule has 1 amide bonds. The summed E-state index contributed by atoms with van der Waals surface area (Å²) in [4.78, 5) is 29.0. The highest BCUT2D eigenvalue weighted by molar-refractivity contribution is 7.89. The van der Waals surface area contributed by atoms with E-state index in [1.807, 2.05) is 13.8 Å². The van der Waals surface area contributed by atoms with Crippen LogP contribution in [0.3, 0.4) is 0 Å². The molecule has 29 heavy (non-hydrogen) atoms. The van der Waals surface area contributed by atoms with Gasteiger partial charge in [-0.15, -0.1) is 0 Å². The summed E-state index contributed by atoms with van der Waals surface area (Å²) in [5.74, 6) is 0.597. The zero-order valence-electron chi connectivity index (χ0n) is 17.1. The van der Waals surface area contributed by atoms with Crippen molar-refractivity contribution in [3.63, 3.8) is 0 Å². The first-order valence-electron chi connectivity index (χ1n) is 10.1. The van der Waals surface area contributed by atoms with Gasteiger partial charge in [-0.2, -0.15) is 4.72 Å². The van der Waals surface area contributed by atoms with Crippen LogP contribution in [0.15, 0.2) is 40.0 Å². The number of amides is 1. The fourth-order valence-corrected chi connectivity index (χ4v) is 4.91. The normalized spacial score (nSPS) is 17.0. The molecule has 0 radical (unpaired) electrons. The molecule has 0 spiro atoms. The molecule has 8 heteroatoms. The Morgan fingerprint density at radius 2 is 1.90 bits per heavy atom. The van der Waals surface area contributed by atoms with E-state index in [9.17, 15) is 18.0 Å². The van der Waals surface area contributed by atoms with E-state index in [4.69, 9.17) is 0 Å². The molecule has 1 aliphatic rings. The minimum atomic E-state index is -3.89. The van der Waals surface area contributed by atoms with E-state index in [1.54, 1.807) is 17.0 Å². The lowest BCUT2D eigenvalue weighted by Gasteiger charge is -2.33. The molecule has 1 aromatic carbocycles. The van der Waals surface area contributed by atoms with Crippen LogP contribution in [-0.2, 0) is 14.8 Å². The lowest BCUT2D eigenvalue weighted by molar-refractivity contribution is -0.134. The van der Waals surface area contributed by atoms with Crippen LogP contribution in [0.5, 0.6) is 0 Å². The van der Waals surface area contributed by atoms with Gasteiger partial charge < -0.3 is 9.88 Å². The van der Waals surface area contributed by atoms with Crippen molar-refractivity contribution in [1.29, 1.82) is 0 Å². The molecule has 0 bridgehead atoms. The van der Waals surface area contributed by atoms with Gasteiger partial charge in [-0.25, -0.2) is 8.42 Å². The second-order valence-electron chi connectivity index (χ2n) is 8.38. The molecule has 1 fully saturated rings. The van der Waals surface area contributed by atoms with Crippen LogP contribution in [0.4, 0.5) is 0 Å². The number of pyridine rings is 1. The van der Waals surface area contributed by atoms with Gasteiger partial charge in [0, 0.05) is 24.7 Å². The maximum atomic E-state index is 13.1. The molecule has 3 rings (SSSR count). The molecule has 0 aliphatic carbocycles. The van der Waals surface area contributed by atoms with Crippen LogP contribution in [0.1, 0.15) is 40.0 Å². The van der Waals surface area contributed by atoms with Crippen molar-refractivity contribution < 1.29 is 13.2 Å². The average molecular weight is 420 g/mol. The molecule has 0 unspecified atom stereocenters. The van der Waals surface area contributed by atoms with Crippen LogP contribution in [0, 0.1) is 11.8 Å². The summed E-state index contributed by atoms with van der Waals surface area (Å²) in [5, 5.41) is 0.615. The second-order valence-corrected chi connectivity index (χ2v) is 10.1. The number of H-pyrrole nitrogens is 1. The van der Waals surface area contributed by atoms with Gasteiger partial charge in [0.2, 0.25) is 21.5 Å². The Morgan fingerprint density at radius 1 is 1.21 bits per heavy atom. The number of nitrogens with zero attached hydrogens (tertiary/aromatic N) is 1. The quantitative estimate of drug-likeness (QED) is 0.751. The number of likely N-dealkylation sites (tertiary alicyclic amines) is 1. The van der Waals surface area contributed by atoms with Crippen LogP contribution in [-0.4, -0.2) is 43.3 Å². The van der Waals surface area contributed by atoms with E-state index in [2.05, 4.69) is 16.6 Å². The maximum absolute atomic E-state index is 13.1. The molecular formula is C21H29N3O4S. The van der Waals surface area contributed by atoms with E-state index in [0.717, 1.165) is 12.8 Å². The highest BCUT2D eigenvalue weighted by Gasteiger charge is 2.31. The summed E-state index contributed by atoms with van der Waals surface area (Å²) in [7, 11) is -3.89. The van der Waals surface area contributed by atoms with Crippen LogP contribution in [0.2, 0.25) is 0 Å². The van der Waals surface area contributed by atoms with Crippen LogP contribution in [0.25, 0.3) is 10.9 Å². The van der Waals surface area contributed by atoms with Gasteiger partial charge in [0.1, 0.15) is 6.04 Å². The highest BCUT2D eigenvalue weighted by atomic mass is 32.2. The number of aromatic nitrogens is 1. The highest BCUT2D eigenvalue weighted by Crippen LogP contribution is 2.21. The molecule has 2 N–H and O–H groups in total. The standard InChI is InChI=1S/C21H29N3O4S/c1-14(2)12-19(21(26)24-10-8-15(3)9-11-24)23-29(27,28)17-5-6-18-16(13-17)4-7-20(25)22-18/h4-7,13-15,19,23H,8-12H2,1-3H3,(H,22,25)/t19-/m0/s1. The number of fused-ring (bicyclic) bond motifs is 1. The molecule has 158 valence electrons. The van der Waals surface area contributed by atoms with Crippen molar-refractivity contribution in [1.82, 2.24) is 14.6 Å². The largest absolute Gasteiger partial charge is 0.341 e. The molecule has 7 nitrogen and oxygen atoms in total. The Balaban J connectivity index is 1.84. The molecule has 1 saturated heterocycles. The van der Waals surface area contributed by atoms with Gasteiger partial charge in [-0.3, -0.25) is 9.59 Å². The van der Waals surface area contributed by atoms with Crippen molar-refractivity contribution in [3.8, 4) is 0 Å². The van der Waals surface area contributed by atoms with E-state index in [-0.39, 0.29) is 22.3 Å². The van der Waals surface area contributed by atoms with Gasteiger partial charge in [0.25, 0.3) is 0 Å². The maximum Gasteiger partial charge on any atom is 0.248 e. The van der Waals surface area contributed by atoms with Crippen molar-refractivity contribution in [3.05, 3.63) is 40.7 Å². The topological polar surface area (TPSA) is 99.3 Å². The van der Waals surface area contributed by atoms with Crippen molar-refractivity contribution in [2.24, 2.45) is 11.8 Å². The predicted molar refractivity (Wildman–Crippen MR) is 113 cm³/mol. The van der Waals surface area contributed by atoms with Crippen LogP contribution >= 0.6 is 0 Å². The van der Waals surface area contributed by atoms with Gasteiger partial charge in [-0.05, 0) is 60.7 Å². The third-order valence-corrected chi connectivity index (χ3v) is 6.87. The molecule has 1 aromatic heterocycles. The summed E-state index contributed by atoms with van der Waals surface area (Å²) >= 11 is 0. The van der Waals surface area contributed by atoms with E-state index < -0.39 is 16.1 Å². The monoisotopic (exact) mass is 419 g/mol. The smallest absolute Gasteiger partial charge is 0.248 e. The van der Waals surface area contributed by atoms with Crippen molar-refractivity contribution in [2.75, 3.05) is 13.1 Å². The van der Waals surface area contributed by atoms with Gasteiger partial charge in [-0.1, -0.05) is 20.8 Å². The number of rotatable bonds is 6. The van der Waals surface area contributed by atoms with E-state index in [1.165, 1.54) is 18.2 Å². The lowest BCUT2D eigenvalue weighted by atomic mass is 9.97. The first kappa shape index (κ1) is 21.5. The molecule has 1 aliphatic heterocycles. The molecule has 2 aromatic rings. The Kier molecular flexibility index (Phi) is 6.43. The number of piperidine rings is 1. The third-order valence-electron chi connectivity index (χ3n) is 5.40. The first-order chi connectivity index (χ1) is 13.7. The minimum Gasteiger partial charge on any atom is -0.341 e. The van der Waals surface area contributed by atoms with E-state index in [0.29, 0.717) is 36.3 Å². The Morgan fingerprint density at radius 3 is 2.55 bits per heavy atom. The van der Waals surface area contributed by atoms with Gasteiger partial charge >= 0.3 is 0 Å². The van der Waals surface area contributed by atoms with Gasteiger partial charge in [0.05, 0.1) is 4.90 Å². The zero-order chi connectivity index (χ0) is 21.2.